The topological polar surface area (TPSA) is 90.5 Å². The minimum Gasteiger partial charge on any atom is -0.507 e. The van der Waals surface area contributed by atoms with Gasteiger partial charge in [-0.05, 0) is 49.9 Å². The molecule has 0 spiro atoms. The van der Waals surface area contributed by atoms with Crippen LogP contribution in [-0.4, -0.2) is 23.5 Å². The van der Waals surface area contributed by atoms with Crippen molar-refractivity contribution in [2.24, 2.45) is 5.41 Å². The van der Waals surface area contributed by atoms with Gasteiger partial charge < -0.3 is 10.4 Å². The molecule has 1 aromatic carbocycles. The largest absolute Gasteiger partial charge is 0.507 e. The molecule has 0 aromatic heterocycles. The molecule has 0 saturated carbocycles. The molecule has 188 valence electrons. The van der Waals surface area contributed by atoms with Crippen molar-refractivity contribution < 1.29 is 14.7 Å². The van der Waals surface area contributed by atoms with E-state index in [2.05, 4.69) is 23.1 Å². The fourth-order valence-corrected chi connectivity index (χ4v) is 3.93. The third kappa shape index (κ3) is 10.6. The Kier molecular flexibility index (Phi) is 13.1. The molecule has 0 aliphatic heterocycles. The predicted molar refractivity (Wildman–Crippen MR) is 137 cm³/mol. The first-order valence-electron chi connectivity index (χ1n) is 12.7. The standard InChI is InChI=1S/C27H47N3O3/c1-7-8-9-10-11-12-13-14-15-16-17-27(5,6)26(33)30-28-19-24(31)29-23-18-20(2)25(32)22(4)21(23)3/h18,28,32H,7-17,19H2,1-6H3,(H,29,31)(H,30,33). The Morgan fingerprint density at radius 1 is 0.879 bits per heavy atom. The maximum absolute atomic E-state index is 12.5. The second kappa shape index (κ2) is 14.9. The number of aryl methyl sites for hydroxylation is 1. The first-order chi connectivity index (χ1) is 15.6. The summed E-state index contributed by atoms with van der Waals surface area (Å²) in [7, 11) is 0. The van der Waals surface area contributed by atoms with Gasteiger partial charge in [0.05, 0.1) is 6.54 Å². The fraction of sp³-hybridized carbons (Fsp3) is 0.704. The van der Waals surface area contributed by atoms with E-state index in [4.69, 9.17) is 0 Å². The molecule has 0 aliphatic rings. The number of hydrogen-bond donors (Lipinski definition) is 4. The molecule has 4 N–H and O–H groups in total. The van der Waals surface area contributed by atoms with Crippen molar-refractivity contribution in [3.8, 4) is 5.75 Å². The number of aromatic hydroxyl groups is 1. The maximum atomic E-state index is 12.5. The van der Waals surface area contributed by atoms with Crippen LogP contribution in [0.15, 0.2) is 6.07 Å². The summed E-state index contributed by atoms with van der Waals surface area (Å²) in [5, 5.41) is 12.8. The van der Waals surface area contributed by atoms with Crippen molar-refractivity contribution in [3.05, 3.63) is 22.8 Å². The van der Waals surface area contributed by atoms with E-state index in [1.807, 2.05) is 27.7 Å². The van der Waals surface area contributed by atoms with Crippen LogP contribution in [0.25, 0.3) is 0 Å². The Hall–Kier alpha value is -2.08. The van der Waals surface area contributed by atoms with Crippen molar-refractivity contribution in [1.29, 1.82) is 0 Å². The number of amides is 2. The van der Waals surface area contributed by atoms with Crippen LogP contribution in [0.5, 0.6) is 5.75 Å². The number of phenolic OH excluding ortho intramolecular Hbond substituents is 1. The molecule has 2 amide bonds. The second-order valence-electron chi connectivity index (χ2n) is 10.0. The highest BCUT2D eigenvalue weighted by Gasteiger charge is 2.26. The summed E-state index contributed by atoms with van der Waals surface area (Å²) in [6.07, 6.45) is 13.6. The van der Waals surface area contributed by atoms with Gasteiger partial charge in [-0.25, -0.2) is 5.43 Å². The van der Waals surface area contributed by atoms with Gasteiger partial charge in [0, 0.05) is 11.1 Å². The number of hydrogen-bond acceptors (Lipinski definition) is 4. The first-order valence-corrected chi connectivity index (χ1v) is 12.7. The summed E-state index contributed by atoms with van der Waals surface area (Å²) >= 11 is 0. The molecular weight excluding hydrogens is 414 g/mol. The van der Waals surface area contributed by atoms with E-state index in [1.54, 1.807) is 13.0 Å². The van der Waals surface area contributed by atoms with Crippen molar-refractivity contribution in [1.82, 2.24) is 10.9 Å². The van der Waals surface area contributed by atoms with Crippen molar-refractivity contribution in [3.63, 3.8) is 0 Å². The highest BCUT2D eigenvalue weighted by molar-refractivity contribution is 5.93. The Labute approximate surface area is 201 Å². The monoisotopic (exact) mass is 461 g/mol. The number of unbranched alkanes of at least 4 members (excludes halogenated alkanes) is 9. The van der Waals surface area contributed by atoms with E-state index < -0.39 is 5.41 Å². The lowest BCUT2D eigenvalue weighted by Gasteiger charge is -2.23. The van der Waals surface area contributed by atoms with Crippen LogP contribution in [-0.2, 0) is 9.59 Å². The van der Waals surface area contributed by atoms with Crippen molar-refractivity contribution in [2.45, 2.75) is 112 Å². The van der Waals surface area contributed by atoms with Crippen LogP contribution in [0.3, 0.4) is 0 Å². The summed E-state index contributed by atoms with van der Waals surface area (Å²) in [5.74, 6) is -0.102. The number of anilines is 1. The average Bonchev–Trinajstić information content (AvgIpc) is 2.77. The smallest absolute Gasteiger partial charge is 0.240 e. The van der Waals surface area contributed by atoms with Crippen molar-refractivity contribution >= 4 is 17.5 Å². The lowest BCUT2D eigenvalue weighted by molar-refractivity contribution is -0.131. The molecule has 0 radical (unpaired) electrons. The number of carbonyl (C=O) groups excluding carboxylic acids is 2. The minimum atomic E-state index is -0.481. The predicted octanol–water partition coefficient (Wildman–Crippen LogP) is 6.21. The molecule has 0 atom stereocenters. The van der Waals surface area contributed by atoms with Gasteiger partial charge in [-0.15, -0.1) is 0 Å². The molecule has 0 bridgehead atoms. The quantitative estimate of drug-likeness (QED) is 0.134. The molecule has 0 aliphatic carbocycles. The summed E-state index contributed by atoms with van der Waals surface area (Å²) in [6.45, 7) is 11.6. The summed E-state index contributed by atoms with van der Waals surface area (Å²) < 4.78 is 0. The summed E-state index contributed by atoms with van der Waals surface area (Å²) in [6, 6.07) is 1.75. The van der Waals surface area contributed by atoms with Gasteiger partial charge in [-0.2, -0.15) is 0 Å². The lowest BCUT2D eigenvalue weighted by Crippen LogP contribution is -2.47. The van der Waals surface area contributed by atoms with Crippen LogP contribution < -0.4 is 16.2 Å². The Morgan fingerprint density at radius 3 is 2.00 bits per heavy atom. The lowest BCUT2D eigenvalue weighted by atomic mass is 9.86. The molecule has 6 heteroatoms. The van der Waals surface area contributed by atoms with E-state index in [9.17, 15) is 14.7 Å². The highest BCUT2D eigenvalue weighted by Crippen LogP contribution is 2.30. The number of phenols is 1. The van der Waals surface area contributed by atoms with Gasteiger partial charge in [0.2, 0.25) is 11.8 Å². The summed E-state index contributed by atoms with van der Waals surface area (Å²) in [4.78, 5) is 24.8. The number of hydrazine groups is 1. The SMILES string of the molecule is CCCCCCCCCCCCC(C)(C)C(=O)NNCC(=O)Nc1cc(C)c(O)c(C)c1C. The molecule has 0 fully saturated rings. The molecule has 0 saturated heterocycles. The summed E-state index contributed by atoms with van der Waals surface area (Å²) in [5.41, 5.74) is 7.91. The Bertz CT molecular complexity index is 759. The molecule has 1 rings (SSSR count). The van der Waals surface area contributed by atoms with E-state index in [0.29, 0.717) is 11.3 Å². The molecule has 0 unspecified atom stereocenters. The van der Waals surface area contributed by atoms with Gasteiger partial charge >= 0.3 is 0 Å². The molecule has 1 aromatic rings. The zero-order valence-electron chi connectivity index (χ0n) is 21.8. The first kappa shape index (κ1) is 29.0. The average molecular weight is 462 g/mol. The van der Waals surface area contributed by atoms with E-state index in [-0.39, 0.29) is 24.1 Å². The van der Waals surface area contributed by atoms with E-state index >= 15 is 0 Å². The van der Waals surface area contributed by atoms with Gasteiger partial charge in [0.15, 0.2) is 0 Å². The van der Waals surface area contributed by atoms with Gasteiger partial charge in [0.1, 0.15) is 5.75 Å². The Balaban J connectivity index is 2.25. The minimum absolute atomic E-state index is 0.0293. The third-order valence-corrected chi connectivity index (χ3v) is 6.55. The third-order valence-electron chi connectivity index (χ3n) is 6.55. The van der Waals surface area contributed by atoms with Crippen LogP contribution in [0.1, 0.15) is 108 Å². The molecule has 0 heterocycles. The number of rotatable bonds is 16. The number of benzene rings is 1. The Morgan fingerprint density at radius 2 is 1.42 bits per heavy atom. The normalized spacial score (nSPS) is 11.5. The van der Waals surface area contributed by atoms with Gasteiger partial charge in [-0.1, -0.05) is 85.0 Å². The highest BCUT2D eigenvalue weighted by atomic mass is 16.3. The van der Waals surface area contributed by atoms with E-state index in [1.165, 1.54) is 51.4 Å². The van der Waals surface area contributed by atoms with E-state index in [0.717, 1.165) is 30.4 Å². The van der Waals surface area contributed by atoms with Crippen molar-refractivity contribution in [2.75, 3.05) is 11.9 Å². The van der Waals surface area contributed by atoms with Crippen LogP contribution in [0.2, 0.25) is 0 Å². The van der Waals surface area contributed by atoms with Gasteiger partial charge in [-0.3, -0.25) is 15.0 Å². The van der Waals surface area contributed by atoms with Crippen LogP contribution in [0.4, 0.5) is 5.69 Å². The van der Waals surface area contributed by atoms with Crippen LogP contribution in [0, 0.1) is 26.2 Å². The molecule has 6 nitrogen and oxygen atoms in total. The second-order valence-corrected chi connectivity index (χ2v) is 10.0. The van der Waals surface area contributed by atoms with Crippen LogP contribution >= 0.6 is 0 Å². The fourth-order valence-electron chi connectivity index (χ4n) is 3.93. The number of carbonyl (C=O) groups is 2. The zero-order chi connectivity index (χ0) is 24.9. The molecule has 33 heavy (non-hydrogen) atoms. The zero-order valence-corrected chi connectivity index (χ0v) is 21.8. The molecular formula is C27H47N3O3. The number of nitrogens with one attached hydrogen (secondary N) is 3. The maximum Gasteiger partial charge on any atom is 0.240 e. The van der Waals surface area contributed by atoms with Gasteiger partial charge in [0.25, 0.3) is 0 Å².